The van der Waals surface area contributed by atoms with E-state index in [0.29, 0.717) is 18.0 Å². The molecule has 1 aromatic heterocycles. The molecule has 0 bridgehead atoms. The van der Waals surface area contributed by atoms with Crippen molar-refractivity contribution in [1.82, 2.24) is 10.3 Å². The molecule has 1 fully saturated rings. The molecule has 1 saturated carbocycles. The summed E-state index contributed by atoms with van der Waals surface area (Å²) in [5, 5.41) is 5.68. The molecule has 4 rings (SSSR count). The first-order valence-electron chi connectivity index (χ1n) is 8.98. The van der Waals surface area contributed by atoms with E-state index < -0.39 is 0 Å². The van der Waals surface area contributed by atoms with Crippen molar-refractivity contribution in [2.75, 3.05) is 10.7 Å². The number of carbonyl (C=O) groups excluding carboxylic acids is 2. The van der Waals surface area contributed by atoms with Crippen molar-refractivity contribution in [2.24, 2.45) is 0 Å². The maximum Gasteiger partial charge on any atom is 0.270 e. The van der Waals surface area contributed by atoms with E-state index in [0.717, 1.165) is 28.4 Å². The van der Waals surface area contributed by atoms with Gasteiger partial charge in [-0.3, -0.25) is 9.59 Å². The smallest absolute Gasteiger partial charge is 0.270 e. The molecule has 1 N–H and O–H groups in total. The van der Waals surface area contributed by atoms with E-state index in [-0.39, 0.29) is 17.9 Å². The minimum atomic E-state index is -0.0969. The predicted molar refractivity (Wildman–Crippen MR) is 105 cm³/mol. The number of nitrogens with one attached hydrogen (secondary N) is 1. The largest absolute Gasteiger partial charge is 0.348 e. The van der Waals surface area contributed by atoms with Gasteiger partial charge in [0.25, 0.3) is 5.91 Å². The average Bonchev–Trinajstić information content (AvgIpc) is 3.14. The zero-order chi connectivity index (χ0) is 17.9. The monoisotopic (exact) mass is 387 g/mol. The van der Waals surface area contributed by atoms with E-state index in [9.17, 15) is 9.59 Å². The van der Waals surface area contributed by atoms with E-state index >= 15 is 0 Å². The zero-order valence-corrected chi connectivity index (χ0v) is 16.1. The number of para-hydroxylation sites is 1. The van der Waals surface area contributed by atoms with Crippen molar-refractivity contribution in [2.45, 2.75) is 49.6 Å². The van der Waals surface area contributed by atoms with Crippen molar-refractivity contribution in [1.29, 1.82) is 0 Å². The molecule has 5 nitrogen and oxygen atoms in total. The van der Waals surface area contributed by atoms with Crippen LogP contribution in [0.4, 0.5) is 5.69 Å². The third kappa shape index (κ3) is 3.78. The van der Waals surface area contributed by atoms with Crippen molar-refractivity contribution < 1.29 is 9.59 Å². The van der Waals surface area contributed by atoms with E-state index in [1.165, 1.54) is 30.6 Å². The van der Waals surface area contributed by atoms with E-state index in [4.69, 9.17) is 0 Å². The highest BCUT2D eigenvalue weighted by atomic mass is 32.2. The van der Waals surface area contributed by atoms with Crippen LogP contribution in [0.3, 0.4) is 0 Å². The van der Waals surface area contributed by atoms with Crippen molar-refractivity contribution in [3.05, 3.63) is 40.3 Å². The summed E-state index contributed by atoms with van der Waals surface area (Å²) in [5.41, 5.74) is 1.39. The van der Waals surface area contributed by atoms with Gasteiger partial charge in [-0.25, -0.2) is 4.98 Å². The average molecular weight is 388 g/mol. The molecule has 0 radical (unpaired) electrons. The van der Waals surface area contributed by atoms with Crippen LogP contribution in [0.2, 0.25) is 0 Å². The lowest BCUT2D eigenvalue weighted by atomic mass is 9.95. The zero-order valence-electron chi connectivity index (χ0n) is 14.4. The summed E-state index contributed by atoms with van der Waals surface area (Å²) >= 11 is 3.01. The lowest BCUT2D eigenvalue weighted by molar-refractivity contribution is -0.116. The van der Waals surface area contributed by atoms with E-state index in [2.05, 4.69) is 10.3 Å². The molecule has 2 heterocycles. The molecule has 2 amide bonds. The summed E-state index contributed by atoms with van der Waals surface area (Å²) in [4.78, 5) is 32.2. The number of carbonyl (C=O) groups is 2. The maximum atomic E-state index is 12.4. The van der Waals surface area contributed by atoms with Crippen molar-refractivity contribution >= 4 is 40.6 Å². The Morgan fingerprint density at radius 1 is 1.23 bits per heavy atom. The van der Waals surface area contributed by atoms with Crippen LogP contribution in [-0.2, 0) is 11.3 Å². The van der Waals surface area contributed by atoms with Gasteiger partial charge in [0.2, 0.25) is 5.91 Å². The van der Waals surface area contributed by atoms with Gasteiger partial charge in [-0.15, -0.1) is 23.1 Å². The molecule has 1 aliphatic heterocycles. The lowest BCUT2D eigenvalue weighted by Gasteiger charge is -2.28. The highest BCUT2D eigenvalue weighted by Crippen LogP contribution is 2.36. The number of rotatable bonds is 4. The summed E-state index contributed by atoms with van der Waals surface area (Å²) in [6, 6.07) is 8.19. The van der Waals surface area contributed by atoms with Gasteiger partial charge >= 0.3 is 0 Å². The molecule has 0 saturated heterocycles. The van der Waals surface area contributed by atoms with Gasteiger partial charge in [-0.05, 0) is 25.0 Å². The summed E-state index contributed by atoms with van der Waals surface area (Å²) in [6.45, 7) is 0.414. The number of aromatic nitrogens is 1. The SMILES string of the molecule is O=C(NC1CCCCC1)c1csc(CN2C(=O)CSc3ccccc32)n1. The third-order valence-electron chi connectivity index (χ3n) is 4.83. The molecule has 1 aromatic carbocycles. The number of thioether (sulfide) groups is 1. The number of hydrogen-bond donors (Lipinski definition) is 1. The van der Waals surface area contributed by atoms with Crippen molar-refractivity contribution in [3.8, 4) is 0 Å². The number of benzene rings is 1. The van der Waals surface area contributed by atoms with Gasteiger partial charge in [-0.2, -0.15) is 0 Å². The number of thiazole rings is 1. The van der Waals surface area contributed by atoms with E-state index in [1.807, 2.05) is 24.3 Å². The van der Waals surface area contributed by atoms with Gasteiger partial charge in [0.05, 0.1) is 18.0 Å². The summed E-state index contributed by atoms with van der Waals surface area (Å²) in [7, 11) is 0. The summed E-state index contributed by atoms with van der Waals surface area (Å²) in [6.07, 6.45) is 5.74. The van der Waals surface area contributed by atoms with Crippen LogP contribution in [0.1, 0.15) is 47.6 Å². The first-order chi connectivity index (χ1) is 12.7. The number of hydrogen-bond acceptors (Lipinski definition) is 5. The van der Waals surface area contributed by atoms with Gasteiger partial charge in [0, 0.05) is 16.3 Å². The van der Waals surface area contributed by atoms with Gasteiger partial charge in [-0.1, -0.05) is 31.4 Å². The Hall–Kier alpha value is -1.86. The molecule has 2 aliphatic rings. The fourth-order valence-corrected chi connectivity index (χ4v) is 5.15. The first kappa shape index (κ1) is 17.5. The van der Waals surface area contributed by atoms with Crippen LogP contribution in [0.15, 0.2) is 34.5 Å². The second kappa shape index (κ2) is 7.80. The Morgan fingerprint density at radius 2 is 2.04 bits per heavy atom. The van der Waals surface area contributed by atoms with Gasteiger partial charge in [0.1, 0.15) is 10.7 Å². The Bertz CT molecular complexity index is 815. The molecule has 7 heteroatoms. The van der Waals surface area contributed by atoms with Crippen LogP contribution in [-0.4, -0.2) is 28.6 Å². The minimum Gasteiger partial charge on any atom is -0.348 e. The molecule has 0 atom stereocenters. The van der Waals surface area contributed by atoms with Gasteiger partial charge in [0.15, 0.2) is 0 Å². The minimum absolute atomic E-state index is 0.0807. The molecular weight excluding hydrogens is 366 g/mol. The molecule has 26 heavy (non-hydrogen) atoms. The second-order valence-corrected chi connectivity index (χ2v) is 8.63. The van der Waals surface area contributed by atoms with Crippen LogP contribution in [0, 0.1) is 0 Å². The van der Waals surface area contributed by atoms with Crippen LogP contribution in [0.25, 0.3) is 0 Å². The van der Waals surface area contributed by atoms with Crippen LogP contribution >= 0.6 is 23.1 Å². The Balaban J connectivity index is 1.45. The lowest BCUT2D eigenvalue weighted by Crippen LogP contribution is -2.36. The first-order valence-corrected chi connectivity index (χ1v) is 10.8. The Morgan fingerprint density at radius 3 is 2.88 bits per heavy atom. The molecule has 1 aliphatic carbocycles. The highest BCUT2D eigenvalue weighted by molar-refractivity contribution is 8.00. The quantitative estimate of drug-likeness (QED) is 0.866. The molecule has 136 valence electrons. The maximum absolute atomic E-state index is 12.4. The molecule has 2 aromatic rings. The fourth-order valence-electron chi connectivity index (χ4n) is 3.46. The number of anilines is 1. The molecule has 0 spiro atoms. The number of amides is 2. The van der Waals surface area contributed by atoms with Crippen molar-refractivity contribution in [3.63, 3.8) is 0 Å². The summed E-state index contributed by atoms with van der Waals surface area (Å²) in [5.74, 6) is 0.426. The highest BCUT2D eigenvalue weighted by Gasteiger charge is 2.26. The summed E-state index contributed by atoms with van der Waals surface area (Å²) < 4.78 is 0. The van der Waals surface area contributed by atoms with Crippen LogP contribution in [0.5, 0.6) is 0 Å². The second-order valence-electron chi connectivity index (χ2n) is 6.67. The Kier molecular flexibility index (Phi) is 5.26. The predicted octanol–water partition coefficient (Wildman–Crippen LogP) is 3.84. The number of fused-ring (bicyclic) bond motifs is 1. The topological polar surface area (TPSA) is 62.3 Å². The number of nitrogens with zero attached hydrogens (tertiary/aromatic N) is 2. The van der Waals surface area contributed by atoms with E-state index in [1.54, 1.807) is 22.0 Å². The Labute approximate surface area is 161 Å². The normalized spacial score (nSPS) is 17.8. The van der Waals surface area contributed by atoms with Crippen LogP contribution < -0.4 is 10.2 Å². The third-order valence-corrected chi connectivity index (χ3v) is 6.71. The fraction of sp³-hybridized carbons (Fsp3) is 0.421. The molecule has 0 unspecified atom stereocenters. The van der Waals surface area contributed by atoms with Gasteiger partial charge < -0.3 is 10.2 Å². The standard InChI is InChI=1S/C19H21N3O2S2/c23-18-12-25-16-9-5-4-8-15(16)22(18)10-17-21-14(11-26-17)19(24)20-13-6-2-1-3-7-13/h4-5,8-9,11,13H,1-3,6-7,10,12H2,(H,20,24). The molecular formula is C19H21N3O2S2.